The second-order valence-corrected chi connectivity index (χ2v) is 6.39. The van der Waals surface area contributed by atoms with Crippen LogP contribution in [0.2, 0.25) is 0 Å². The van der Waals surface area contributed by atoms with Crippen LogP contribution in [0.25, 0.3) is 0 Å². The molecule has 1 saturated carbocycles. The molecule has 2 heteroatoms. The summed E-state index contributed by atoms with van der Waals surface area (Å²) in [5.74, 6) is 1.57. The third-order valence-electron chi connectivity index (χ3n) is 4.96. The van der Waals surface area contributed by atoms with Gasteiger partial charge in [-0.2, -0.15) is 0 Å². The van der Waals surface area contributed by atoms with E-state index in [1.165, 1.54) is 51.5 Å². The fourth-order valence-electron chi connectivity index (χ4n) is 4.02. The van der Waals surface area contributed by atoms with Crippen LogP contribution in [0.5, 0.6) is 0 Å². The van der Waals surface area contributed by atoms with Gasteiger partial charge in [-0.05, 0) is 50.6 Å². The van der Waals surface area contributed by atoms with Crippen molar-refractivity contribution in [2.75, 3.05) is 13.1 Å². The standard InChI is InChI=1S/C15H30N2/c1-12(2)14-9-6-10-17(14)15-8-5-3-4-7-13(15)11-16/h12-15H,3-11,16H2,1-2H3. The summed E-state index contributed by atoms with van der Waals surface area (Å²) in [6.07, 6.45) is 9.81. The molecule has 100 valence electrons. The van der Waals surface area contributed by atoms with Crippen LogP contribution in [0.4, 0.5) is 0 Å². The monoisotopic (exact) mass is 238 g/mol. The first kappa shape index (κ1) is 13.4. The molecule has 3 atom stereocenters. The number of nitrogens with zero attached hydrogens (tertiary/aromatic N) is 1. The second-order valence-electron chi connectivity index (χ2n) is 6.39. The number of hydrogen-bond donors (Lipinski definition) is 1. The highest BCUT2D eigenvalue weighted by Crippen LogP contribution is 2.34. The Bertz CT molecular complexity index is 227. The summed E-state index contributed by atoms with van der Waals surface area (Å²) in [6, 6.07) is 1.62. The molecular weight excluding hydrogens is 208 g/mol. The Morgan fingerprint density at radius 2 is 1.82 bits per heavy atom. The summed E-state index contributed by atoms with van der Waals surface area (Å²) in [4.78, 5) is 2.83. The maximum atomic E-state index is 6.03. The summed E-state index contributed by atoms with van der Waals surface area (Å²) in [5.41, 5.74) is 6.03. The van der Waals surface area contributed by atoms with Crippen LogP contribution in [-0.4, -0.2) is 30.1 Å². The Balaban J connectivity index is 2.06. The van der Waals surface area contributed by atoms with E-state index < -0.39 is 0 Å². The van der Waals surface area contributed by atoms with Crippen molar-refractivity contribution >= 4 is 0 Å². The fourth-order valence-corrected chi connectivity index (χ4v) is 4.02. The van der Waals surface area contributed by atoms with Crippen molar-refractivity contribution < 1.29 is 0 Å². The summed E-state index contributed by atoms with van der Waals surface area (Å²) < 4.78 is 0. The van der Waals surface area contributed by atoms with E-state index in [-0.39, 0.29) is 0 Å². The lowest BCUT2D eigenvalue weighted by atomic mass is 9.91. The summed E-state index contributed by atoms with van der Waals surface area (Å²) >= 11 is 0. The number of rotatable bonds is 3. The molecule has 0 spiro atoms. The van der Waals surface area contributed by atoms with Gasteiger partial charge in [0.1, 0.15) is 0 Å². The first-order valence-corrected chi connectivity index (χ1v) is 7.70. The lowest BCUT2D eigenvalue weighted by Crippen LogP contribution is -2.47. The smallest absolute Gasteiger partial charge is 0.0139 e. The average Bonchev–Trinajstić information content (AvgIpc) is 2.68. The van der Waals surface area contributed by atoms with E-state index in [1.54, 1.807) is 0 Å². The average molecular weight is 238 g/mol. The molecule has 1 aliphatic heterocycles. The van der Waals surface area contributed by atoms with Crippen molar-refractivity contribution in [3.63, 3.8) is 0 Å². The quantitative estimate of drug-likeness (QED) is 0.766. The molecular formula is C15H30N2. The van der Waals surface area contributed by atoms with Gasteiger partial charge in [-0.3, -0.25) is 4.90 Å². The SMILES string of the molecule is CC(C)C1CCCN1C1CCCCCC1CN. The van der Waals surface area contributed by atoms with Gasteiger partial charge in [-0.1, -0.05) is 33.1 Å². The molecule has 0 aromatic heterocycles. The summed E-state index contributed by atoms with van der Waals surface area (Å²) in [6.45, 7) is 6.99. The third-order valence-corrected chi connectivity index (χ3v) is 4.96. The van der Waals surface area contributed by atoms with E-state index in [4.69, 9.17) is 5.73 Å². The molecule has 2 fully saturated rings. The molecule has 1 heterocycles. The minimum Gasteiger partial charge on any atom is -0.330 e. The van der Waals surface area contributed by atoms with E-state index in [0.717, 1.165) is 30.5 Å². The summed E-state index contributed by atoms with van der Waals surface area (Å²) in [5, 5.41) is 0. The minimum atomic E-state index is 0.761. The maximum absolute atomic E-state index is 6.03. The molecule has 3 unspecified atom stereocenters. The van der Waals surface area contributed by atoms with Crippen molar-refractivity contribution in [2.45, 2.75) is 70.9 Å². The zero-order chi connectivity index (χ0) is 12.3. The van der Waals surface area contributed by atoms with Crippen molar-refractivity contribution in [1.82, 2.24) is 4.90 Å². The molecule has 2 N–H and O–H groups in total. The molecule has 0 radical (unpaired) electrons. The highest BCUT2D eigenvalue weighted by atomic mass is 15.2. The zero-order valence-electron chi connectivity index (χ0n) is 11.7. The van der Waals surface area contributed by atoms with Crippen LogP contribution in [-0.2, 0) is 0 Å². The van der Waals surface area contributed by atoms with Crippen LogP contribution in [0.1, 0.15) is 58.8 Å². The Morgan fingerprint density at radius 3 is 2.53 bits per heavy atom. The van der Waals surface area contributed by atoms with Gasteiger partial charge in [-0.15, -0.1) is 0 Å². The Labute approximate surface area is 107 Å². The largest absolute Gasteiger partial charge is 0.330 e. The first-order chi connectivity index (χ1) is 8.24. The van der Waals surface area contributed by atoms with Gasteiger partial charge in [0, 0.05) is 12.1 Å². The van der Waals surface area contributed by atoms with Gasteiger partial charge >= 0.3 is 0 Å². The van der Waals surface area contributed by atoms with Gasteiger partial charge in [0.15, 0.2) is 0 Å². The number of hydrogen-bond acceptors (Lipinski definition) is 2. The minimum absolute atomic E-state index is 0.761. The van der Waals surface area contributed by atoms with Crippen LogP contribution in [0.15, 0.2) is 0 Å². The van der Waals surface area contributed by atoms with Crippen molar-refractivity contribution in [3.8, 4) is 0 Å². The molecule has 0 aromatic rings. The van der Waals surface area contributed by atoms with Gasteiger partial charge in [-0.25, -0.2) is 0 Å². The van der Waals surface area contributed by atoms with E-state index in [1.807, 2.05) is 0 Å². The van der Waals surface area contributed by atoms with Gasteiger partial charge in [0.05, 0.1) is 0 Å². The Hall–Kier alpha value is -0.0800. The molecule has 2 rings (SSSR count). The summed E-state index contributed by atoms with van der Waals surface area (Å²) in [7, 11) is 0. The normalized spacial score (nSPS) is 36.4. The highest BCUT2D eigenvalue weighted by molar-refractivity contribution is 4.91. The maximum Gasteiger partial charge on any atom is 0.0139 e. The lowest BCUT2D eigenvalue weighted by molar-refractivity contribution is 0.0988. The molecule has 17 heavy (non-hydrogen) atoms. The topological polar surface area (TPSA) is 29.3 Å². The van der Waals surface area contributed by atoms with Gasteiger partial charge in [0.25, 0.3) is 0 Å². The van der Waals surface area contributed by atoms with Crippen LogP contribution in [0, 0.1) is 11.8 Å². The number of likely N-dealkylation sites (tertiary alicyclic amines) is 1. The molecule has 0 amide bonds. The first-order valence-electron chi connectivity index (χ1n) is 7.70. The number of nitrogens with two attached hydrogens (primary N) is 1. The molecule has 0 bridgehead atoms. The molecule has 2 aliphatic rings. The van der Waals surface area contributed by atoms with Crippen molar-refractivity contribution in [3.05, 3.63) is 0 Å². The Morgan fingerprint density at radius 1 is 1.06 bits per heavy atom. The van der Waals surface area contributed by atoms with E-state index >= 15 is 0 Å². The van der Waals surface area contributed by atoms with Gasteiger partial charge in [0.2, 0.25) is 0 Å². The fraction of sp³-hybridized carbons (Fsp3) is 1.00. The van der Waals surface area contributed by atoms with Gasteiger partial charge < -0.3 is 5.73 Å². The van der Waals surface area contributed by atoms with Crippen molar-refractivity contribution in [1.29, 1.82) is 0 Å². The second kappa shape index (κ2) is 6.19. The van der Waals surface area contributed by atoms with E-state index in [0.29, 0.717) is 0 Å². The van der Waals surface area contributed by atoms with Crippen LogP contribution < -0.4 is 5.73 Å². The van der Waals surface area contributed by atoms with Crippen molar-refractivity contribution in [2.24, 2.45) is 17.6 Å². The van der Waals surface area contributed by atoms with Crippen LogP contribution >= 0.6 is 0 Å². The zero-order valence-corrected chi connectivity index (χ0v) is 11.7. The van der Waals surface area contributed by atoms with E-state index in [9.17, 15) is 0 Å². The predicted molar refractivity (Wildman–Crippen MR) is 74.0 cm³/mol. The molecule has 1 saturated heterocycles. The molecule has 1 aliphatic carbocycles. The predicted octanol–water partition coefficient (Wildman–Crippen LogP) is 3.01. The van der Waals surface area contributed by atoms with Crippen LogP contribution in [0.3, 0.4) is 0 Å². The van der Waals surface area contributed by atoms with E-state index in [2.05, 4.69) is 18.7 Å². The Kier molecular flexibility index (Phi) is 4.87. The molecule has 2 nitrogen and oxygen atoms in total. The molecule has 0 aromatic carbocycles. The highest BCUT2D eigenvalue weighted by Gasteiger charge is 2.36. The lowest BCUT2D eigenvalue weighted by Gasteiger charge is -2.38. The third kappa shape index (κ3) is 3.03.